The average Bonchev–Trinajstić information content (AvgIpc) is 2.83. The number of carbonyl (C=O) groups is 1. The van der Waals surface area contributed by atoms with Crippen LogP contribution in [0.5, 0.6) is 0 Å². The van der Waals surface area contributed by atoms with Gasteiger partial charge < -0.3 is 15.5 Å². The SMILES string of the molecule is CCNC(=NCCC(=O)NC1CCS(=O)(=O)C1)N1CC(C)(C)C1(C)C. The van der Waals surface area contributed by atoms with Crippen LogP contribution in [-0.4, -0.2) is 67.9 Å². The molecule has 2 heterocycles. The molecule has 7 nitrogen and oxygen atoms in total. The van der Waals surface area contributed by atoms with Gasteiger partial charge in [-0.25, -0.2) is 8.42 Å². The molecular weight excluding hydrogens is 340 g/mol. The normalized spacial score (nSPS) is 26.8. The second-order valence-corrected chi connectivity index (χ2v) is 10.4. The van der Waals surface area contributed by atoms with Crippen molar-refractivity contribution in [2.75, 3.05) is 31.1 Å². The van der Waals surface area contributed by atoms with Crippen LogP contribution >= 0.6 is 0 Å². The molecule has 1 amide bonds. The predicted octanol–water partition coefficient (Wildman–Crippen LogP) is 0.766. The molecule has 0 aliphatic carbocycles. The maximum Gasteiger partial charge on any atom is 0.222 e. The van der Waals surface area contributed by atoms with Gasteiger partial charge in [-0.2, -0.15) is 0 Å². The second-order valence-electron chi connectivity index (χ2n) is 8.18. The molecule has 25 heavy (non-hydrogen) atoms. The predicted molar refractivity (Wildman–Crippen MR) is 100 cm³/mol. The molecule has 1 atom stereocenters. The van der Waals surface area contributed by atoms with E-state index in [4.69, 9.17) is 0 Å². The summed E-state index contributed by atoms with van der Waals surface area (Å²) in [5, 5.41) is 6.11. The monoisotopic (exact) mass is 372 g/mol. The minimum absolute atomic E-state index is 0.00840. The lowest BCUT2D eigenvalue weighted by Crippen LogP contribution is -2.72. The Kier molecular flexibility index (Phi) is 5.71. The number of likely N-dealkylation sites (tertiary alicyclic amines) is 1. The van der Waals surface area contributed by atoms with E-state index < -0.39 is 9.84 Å². The summed E-state index contributed by atoms with van der Waals surface area (Å²) < 4.78 is 22.9. The van der Waals surface area contributed by atoms with E-state index in [9.17, 15) is 13.2 Å². The van der Waals surface area contributed by atoms with E-state index in [0.717, 1.165) is 19.0 Å². The molecule has 0 saturated carbocycles. The topological polar surface area (TPSA) is 90.9 Å². The third kappa shape index (κ3) is 4.46. The van der Waals surface area contributed by atoms with E-state index in [0.29, 0.717) is 13.0 Å². The van der Waals surface area contributed by atoms with E-state index >= 15 is 0 Å². The summed E-state index contributed by atoms with van der Waals surface area (Å²) >= 11 is 0. The summed E-state index contributed by atoms with van der Waals surface area (Å²) in [6.45, 7) is 13.0. The third-order valence-corrected chi connectivity index (χ3v) is 7.44. The molecule has 0 bridgehead atoms. The van der Waals surface area contributed by atoms with Crippen molar-refractivity contribution in [1.82, 2.24) is 15.5 Å². The van der Waals surface area contributed by atoms with Gasteiger partial charge in [-0.3, -0.25) is 9.79 Å². The first-order valence-electron chi connectivity index (χ1n) is 9.04. The molecule has 0 spiro atoms. The number of nitrogens with zero attached hydrogens (tertiary/aromatic N) is 2. The van der Waals surface area contributed by atoms with Crippen LogP contribution in [0.4, 0.5) is 0 Å². The van der Waals surface area contributed by atoms with E-state index in [-0.39, 0.29) is 40.8 Å². The maximum absolute atomic E-state index is 12.0. The average molecular weight is 373 g/mol. The molecule has 2 aliphatic heterocycles. The van der Waals surface area contributed by atoms with Gasteiger partial charge in [0.05, 0.1) is 18.1 Å². The number of amides is 1. The fourth-order valence-corrected chi connectivity index (χ4v) is 4.94. The van der Waals surface area contributed by atoms with Crippen molar-refractivity contribution in [3.8, 4) is 0 Å². The van der Waals surface area contributed by atoms with Gasteiger partial charge >= 0.3 is 0 Å². The van der Waals surface area contributed by atoms with Crippen molar-refractivity contribution in [3.05, 3.63) is 0 Å². The van der Waals surface area contributed by atoms with Crippen molar-refractivity contribution in [2.45, 2.75) is 59.0 Å². The molecule has 2 aliphatic rings. The Hall–Kier alpha value is -1.31. The summed E-state index contributed by atoms with van der Waals surface area (Å²) in [7, 11) is -2.97. The Bertz CT molecular complexity index is 640. The van der Waals surface area contributed by atoms with Gasteiger partial charge in [-0.15, -0.1) is 0 Å². The molecule has 0 aromatic carbocycles. The summed E-state index contributed by atoms with van der Waals surface area (Å²) in [6.07, 6.45) is 0.778. The Morgan fingerprint density at radius 2 is 1.96 bits per heavy atom. The van der Waals surface area contributed by atoms with Crippen molar-refractivity contribution < 1.29 is 13.2 Å². The first kappa shape index (κ1) is 20.0. The Labute approximate surface area is 151 Å². The molecule has 0 aromatic heterocycles. The van der Waals surface area contributed by atoms with Gasteiger partial charge in [0.2, 0.25) is 5.91 Å². The summed E-state index contributed by atoms with van der Waals surface area (Å²) in [5.41, 5.74) is 0.225. The fourth-order valence-electron chi connectivity index (χ4n) is 3.27. The number of aliphatic imine (C=N–C) groups is 1. The lowest BCUT2D eigenvalue weighted by Gasteiger charge is -2.62. The minimum Gasteiger partial charge on any atom is -0.356 e. The van der Waals surface area contributed by atoms with Crippen LogP contribution < -0.4 is 10.6 Å². The zero-order valence-electron chi connectivity index (χ0n) is 16.1. The molecule has 2 N–H and O–H groups in total. The number of guanidine groups is 1. The van der Waals surface area contributed by atoms with Gasteiger partial charge in [0.1, 0.15) is 0 Å². The van der Waals surface area contributed by atoms with Crippen LogP contribution in [0.3, 0.4) is 0 Å². The highest BCUT2D eigenvalue weighted by Gasteiger charge is 2.53. The minimum atomic E-state index is -2.97. The van der Waals surface area contributed by atoms with Gasteiger partial charge in [0, 0.05) is 36.5 Å². The van der Waals surface area contributed by atoms with E-state index in [1.165, 1.54) is 0 Å². The smallest absolute Gasteiger partial charge is 0.222 e. The van der Waals surface area contributed by atoms with Crippen LogP contribution in [-0.2, 0) is 14.6 Å². The number of rotatable bonds is 5. The molecular formula is C17H32N4O3S. The quantitative estimate of drug-likeness (QED) is 0.549. The maximum atomic E-state index is 12.0. The largest absolute Gasteiger partial charge is 0.356 e. The number of sulfone groups is 1. The number of hydrogen-bond donors (Lipinski definition) is 2. The van der Waals surface area contributed by atoms with Crippen molar-refractivity contribution in [1.29, 1.82) is 0 Å². The molecule has 2 fully saturated rings. The zero-order valence-corrected chi connectivity index (χ0v) is 16.9. The summed E-state index contributed by atoms with van der Waals surface area (Å²) in [6, 6.07) is -0.246. The van der Waals surface area contributed by atoms with Gasteiger partial charge in [-0.1, -0.05) is 13.8 Å². The van der Waals surface area contributed by atoms with Crippen LogP contribution in [0.2, 0.25) is 0 Å². The van der Waals surface area contributed by atoms with E-state index in [2.05, 4.69) is 48.2 Å². The van der Waals surface area contributed by atoms with Crippen LogP contribution in [0.15, 0.2) is 4.99 Å². The number of hydrogen-bond acceptors (Lipinski definition) is 4. The van der Waals surface area contributed by atoms with Crippen molar-refractivity contribution >= 4 is 21.7 Å². The first-order chi connectivity index (χ1) is 11.5. The molecule has 0 radical (unpaired) electrons. The third-order valence-electron chi connectivity index (χ3n) is 5.67. The molecule has 144 valence electrons. The van der Waals surface area contributed by atoms with E-state index in [1.807, 2.05) is 6.92 Å². The van der Waals surface area contributed by atoms with Crippen molar-refractivity contribution in [3.63, 3.8) is 0 Å². The summed E-state index contributed by atoms with van der Waals surface area (Å²) in [4.78, 5) is 18.9. The van der Waals surface area contributed by atoms with Crippen LogP contribution in [0.25, 0.3) is 0 Å². The molecule has 0 aromatic rings. The lowest BCUT2D eigenvalue weighted by molar-refractivity contribution is -0.121. The zero-order chi connectivity index (χ0) is 18.9. The van der Waals surface area contributed by atoms with Crippen LogP contribution in [0.1, 0.15) is 47.5 Å². The van der Waals surface area contributed by atoms with E-state index in [1.54, 1.807) is 0 Å². The highest BCUT2D eigenvalue weighted by molar-refractivity contribution is 7.91. The summed E-state index contributed by atoms with van der Waals surface area (Å²) in [5.74, 6) is 0.926. The molecule has 1 unspecified atom stereocenters. The van der Waals surface area contributed by atoms with Gasteiger partial charge in [0.15, 0.2) is 15.8 Å². The number of nitrogens with one attached hydrogen (secondary N) is 2. The lowest BCUT2D eigenvalue weighted by atomic mass is 9.65. The first-order valence-corrected chi connectivity index (χ1v) is 10.9. The van der Waals surface area contributed by atoms with Crippen LogP contribution in [0, 0.1) is 5.41 Å². The van der Waals surface area contributed by atoms with Gasteiger partial charge in [-0.05, 0) is 27.2 Å². The molecule has 2 saturated heterocycles. The molecule has 2 rings (SSSR count). The highest BCUT2D eigenvalue weighted by atomic mass is 32.2. The Morgan fingerprint density at radius 3 is 2.44 bits per heavy atom. The second kappa shape index (κ2) is 7.13. The standard InChI is InChI=1S/C17H32N4O3S/c1-6-18-15(21-12-16(2,3)17(21,4)5)19-9-7-14(22)20-13-8-10-25(23,24)11-13/h13H,6-12H2,1-5H3,(H,18,19)(H,20,22). The fraction of sp³-hybridized carbons (Fsp3) is 0.882. The Morgan fingerprint density at radius 1 is 1.28 bits per heavy atom. The Balaban J connectivity index is 1.87. The van der Waals surface area contributed by atoms with Gasteiger partial charge in [0.25, 0.3) is 0 Å². The van der Waals surface area contributed by atoms with Crippen molar-refractivity contribution in [2.24, 2.45) is 10.4 Å². The number of carbonyl (C=O) groups excluding carboxylic acids is 1. The molecule has 8 heteroatoms. The highest BCUT2D eigenvalue weighted by Crippen LogP contribution is 2.46.